The Bertz CT molecular complexity index is 230. The maximum Gasteiger partial charge on any atom is 0.317 e. The van der Waals surface area contributed by atoms with Crippen molar-refractivity contribution in [2.45, 2.75) is 45.4 Å². The number of hydrogen-bond acceptors (Lipinski definition) is 1. The van der Waals surface area contributed by atoms with Gasteiger partial charge in [-0.25, -0.2) is 4.79 Å². The molecule has 2 amide bonds. The minimum atomic E-state index is 0.161. The third kappa shape index (κ3) is 3.39. The van der Waals surface area contributed by atoms with Crippen LogP contribution in [0.4, 0.5) is 4.79 Å². The average Bonchev–Trinajstić information content (AvgIpc) is 3.09. The highest BCUT2D eigenvalue weighted by Crippen LogP contribution is 2.36. The van der Waals surface area contributed by atoms with Gasteiger partial charge in [-0.15, -0.1) is 0 Å². The zero-order valence-corrected chi connectivity index (χ0v) is 10.4. The van der Waals surface area contributed by atoms with Crippen LogP contribution in [0.3, 0.4) is 0 Å². The number of rotatable bonds is 3. The van der Waals surface area contributed by atoms with Crippen LogP contribution in [0, 0.1) is 11.8 Å². The lowest BCUT2D eigenvalue weighted by Gasteiger charge is -2.22. The fourth-order valence-corrected chi connectivity index (χ4v) is 2.47. The number of nitrogens with zero attached hydrogens (tertiary/aromatic N) is 1. The SMILES string of the molecule is CC(CNC(=O)N1CCCCCC1)C1CC1. The summed E-state index contributed by atoms with van der Waals surface area (Å²) in [6.07, 6.45) is 7.63. The van der Waals surface area contributed by atoms with Gasteiger partial charge in [0.1, 0.15) is 0 Å². The topological polar surface area (TPSA) is 32.3 Å². The van der Waals surface area contributed by atoms with E-state index in [0.717, 1.165) is 25.6 Å². The Morgan fingerprint density at radius 3 is 2.44 bits per heavy atom. The number of nitrogens with one attached hydrogen (secondary N) is 1. The van der Waals surface area contributed by atoms with Gasteiger partial charge in [0, 0.05) is 19.6 Å². The van der Waals surface area contributed by atoms with Gasteiger partial charge in [0.25, 0.3) is 0 Å². The van der Waals surface area contributed by atoms with Gasteiger partial charge < -0.3 is 10.2 Å². The first-order valence-electron chi connectivity index (χ1n) is 6.80. The lowest BCUT2D eigenvalue weighted by atomic mass is 10.1. The molecule has 0 radical (unpaired) electrons. The van der Waals surface area contributed by atoms with E-state index in [9.17, 15) is 4.79 Å². The van der Waals surface area contributed by atoms with Crippen molar-refractivity contribution in [2.75, 3.05) is 19.6 Å². The smallest absolute Gasteiger partial charge is 0.317 e. The van der Waals surface area contributed by atoms with Crippen molar-refractivity contribution in [3.05, 3.63) is 0 Å². The van der Waals surface area contributed by atoms with E-state index < -0.39 is 0 Å². The molecular weight excluding hydrogens is 200 g/mol. The number of carbonyl (C=O) groups is 1. The predicted octanol–water partition coefficient (Wildman–Crippen LogP) is 2.62. The number of carbonyl (C=O) groups excluding carboxylic acids is 1. The summed E-state index contributed by atoms with van der Waals surface area (Å²) in [6.45, 7) is 5.01. The summed E-state index contributed by atoms with van der Waals surface area (Å²) in [5.74, 6) is 1.54. The van der Waals surface area contributed by atoms with Crippen LogP contribution >= 0.6 is 0 Å². The van der Waals surface area contributed by atoms with Crippen molar-refractivity contribution in [2.24, 2.45) is 11.8 Å². The van der Waals surface area contributed by atoms with Crippen LogP contribution in [-0.4, -0.2) is 30.6 Å². The van der Waals surface area contributed by atoms with Crippen LogP contribution in [-0.2, 0) is 0 Å². The van der Waals surface area contributed by atoms with E-state index in [1.165, 1.54) is 38.5 Å². The number of likely N-dealkylation sites (tertiary alicyclic amines) is 1. The first kappa shape index (κ1) is 11.7. The molecule has 1 saturated carbocycles. The lowest BCUT2D eigenvalue weighted by molar-refractivity contribution is 0.197. The normalized spacial score (nSPS) is 23.7. The Hall–Kier alpha value is -0.730. The second-order valence-electron chi connectivity index (χ2n) is 5.40. The van der Waals surface area contributed by atoms with E-state index in [-0.39, 0.29) is 6.03 Å². The van der Waals surface area contributed by atoms with E-state index in [0.29, 0.717) is 5.92 Å². The quantitative estimate of drug-likeness (QED) is 0.785. The second-order valence-corrected chi connectivity index (χ2v) is 5.40. The molecule has 2 rings (SSSR count). The highest BCUT2D eigenvalue weighted by molar-refractivity contribution is 5.74. The van der Waals surface area contributed by atoms with Gasteiger partial charge in [0.05, 0.1) is 0 Å². The molecule has 1 saturated heterocycles. The lowest BCUT2D eigenvalue weighted by Crippen LogP contribution is -2.42. The number of amides is 2. The van der Waals surface area contributed by atoms with E-state index in [2.05, 4.69) is 12.2 Å². The summed E-state index contributed by atoms with van der Waals surface area (Å²) in [6, 6.07) is 0.161. The van der Waals surface area contributed by atoms with Gasteiger partial charge in [-0.1, -0.05) is 19.8 Å². The summed E-state index contributed by atoms with van der Waals surface area (Å²) in [7, 11) is 0. The predicted molar refractivity (Wildman–Crippen MR) is 65.3 cm³/mol. The largest absolute Gasteiger partial charge is 0.338 e. The van der Waals surface area contributed by atoms with Gasteiger partial charge in [-0.2, -0.15) is 0 Å². The minimum Gasteiger partial charge on any atom is -0.338 e. The van der Waals surface area contributed by atoms with E-state index in [4.69, 9.17) is 0 Å². The maximum atomic E-state index is 11.9. The molecule has 1 heterocycles. The fourth-order valence-electron chi connectivity index (χ4n) is 2.47. The highest BCUT2D eigenvalue weighted by Gasteiger charge is 2.28. The van der Waals surface area contributed by atoms with Crippen molar-refractivity contribution in [3.8, 4) is 0 Å². The van der Waals surface area contributed by atoms with Crippen molar-refractivity contribution >= 4 is 6.03 Å². The van der Waals surface area contributed by atoms with Crippen molar-refractivity contribution in [1.82, 2.24) is 10.2 Å². The third-order valence-corrected chi connectivity index (χ3v) is 3.90. The zero-order chi connectivity index (χ0) is 11.4. The number of urea groups is 1. The Morgan fingerprint density at radius 1 is 1.25 bits per heavy atom. The van der Waals surface area contributed by atoms with Crippen LogP contribution in [0.2, 0.25) is 0 Å². The molecule has 1 atom stereocenters. The number of hydrogen-bond donors (Lipinski definition) is 1. The van der Waals surface area contributed by atoms with Crippen molar-refractivity contribution in [1.29, 1.82) is 0 Å². The molecule has 1 aliphatic carbocycles. The molecule has 16 heavy (non-hydrogen) atoms. The molecule has 2 aliphatic rings. The molecule has 3 nitrogen and oxygen atoms in total. The highest BCUT2D eigenvalue weighted by atomic mass is 16.2. The van der Waals surface area contributed by atoms with Gasteiger partial charge in [-0.3, -0.25) is 0 Å². The standard InChI is InChI=1S/C13H24N2O/c1-11(12-6-7-12)10-14-13(16)15-8-4-2-3-5-9-15/h11-12H,2-10H2,1H3,(H,14,16). The minimum absolute atomic E-state index is 0.161. The van der Waals surface area contributed by atoms with Crippen LogP contribution in [0.1, 0.15) is 45.4 Å². The molecule has 0 aromatic heterocycles. The molecule has 0 aromatic rings. The summed E-state index contributed by atoms with van der Waals surface area (Å²) >= 11 is 0. The van der Waals surface area contributed by atoms with Gasteiger partial charge in [-0.05, 0) is 37.5 Å². The molecule has 1 unspecified atom stereocenters. The summed E-state index contributed by atoms with van der Waals surface area (Å²) in [5, 5.41) is 3.09. The van der Waals surface area contributed by atoms with E-state index in [1.54, 1.807) is 0 Å². The first-order chi connectivity index (χ1) is 7.77. The summed E-state index contributed by atoms with van der Waals surface area (Å²) in [4.78, 5) is 13.9. The van der Waals surface area contributed by atoms with Crippen LogP contribution in [0.25, 0.3) is 0 Å². The molecule has 1 aliphatic heterocycles. The van der Waals surface area contributed by atoms with Crippen LogP contribution < -0.4 is 5.32 Å². The third-order valence-electron chi connectivity index (χ3n) is 3.90. The monoisotopic (exact) mass is 224 g/mol. The molecule has 0 bridgehead atoms. The van der Waals surface area contributed by atoms with Gasteiger partial charge >= 0.3 is 6.03 Å². The Morgan fingerprint density at radius 2 is 1.88 bits per heavy atom. The second kappa shape index (κ2) is 5.55. The summed E-state index contributed by atoms with van der Waals surface area (Å²) in [5.41, 5.74) is 0. The van der Waals surface area contributed by atoms with Gasteiger partial charge in [0.2, 0.25) is 0 Å². The molecule has 3 heteroatoms. The zero-order valence-electron chi connectivity index (χ0n) is 10.4. The summed E-state index contributed by atoms with van der Waals surface area (Å²) < 4.78 is 0. The Labute approximate surface area is 98.6 Å². The fraction of sp³-hybridized carbons (Fsp3) is 0.923. The molecule has 92 valence electrons. The molecule has 0 spiro atoms. The average molecular weight is 224 g/mol. The van der Waals surface area contributed by atoms with Gasteiger partial charge in [0.15, 0.2) is 0 Å². The van der Waals surface area contributed by atoms with Crippen molar-refractivity contribution < 1.29 is 4.79 Å². The first-order valence-corrected chi connectivity index (χ1v) is 6.80. The van der Waals surface area contributed by atoms with Crippen molar-refractivity contribution in [3.63, 3.8) is 0 Å². The van der Waals surface area contributed by atoms with Crippen LogP contribution in [0.5, 0.6) is 0 Å². The van der Waals surface area contributed by atoms with E-state index in [1.807, 2.05) is 4.90 Å². The Kier molecular flexibility index (Phi) is 4.08. The molecule has 0 aromatic carbocycles. The molecule has 2 fully saturated rings. The Balaban J connectivity index is 1.68. The molecule has 1 N–H and O–H groups in total. The van der Waals surface area contributed by atoms with Crippen LogP contribution in [0.15, 0.2) is 0 Å². The maximum absolute atomic E-state index is 11.9. The van der Waals surface area contributed by atoms with E-state index >= 15 is 0 Å². The molecular formula is C13H24N2O.